The number of nitrogens with zero attached hydrogens (tertiary/aromatic N) is 2. The van der Waals surface area contributed by atoms with Gasteiger partial charge in [-0.2, -0.15) is 0 Å². The second-order valence-corrected chi connectivity index (χ2v) is 5.23. The Morgan fingerprint density at radius 2 is 2.00 bits per heavy atom. The van der Waals surface area contributed by atoms with Gasteiger partial charge in [0.2, 0.25) is 0 Å². The van der Waals surface area contributed by atoms with Gasteiger partial charge in [0.05, 0.1) is 16.7 Å². The lowest BCUT2D eigenvalue weighted by molar-refractivity contribution is 0.626. The Morgan fingerprint density at radius 3 is 2.75 bits per heavy atom. The van der Waals surface area contributed by atoms with Gasteiger partial charge in [-0.1, -0.05) is 17.7 Å². The summed E-state index contributed by atoms with van der Waals surface area (Å²) >= 11 is 11.8. The van der Waals surface area contributed by atoms with Crippen LogP contribution < -0.4 is 0 Å². The first-order chi connectivity index (χ1) is 9.69. The van der Waals surface area contributed by atoms with Crippen molar-refractivity contribution in [3.05, 3.63) is 59.1 Å². The smallest absolute Gasteiger partial charge is 0.125 e. The molecular weight excluding hydrogens is 298 g/mol. The van der Waals surface area contributed by atoms with Gasteiger partial charge in [0.25, 0.3) is 0 Å². The van der Waals surface area contributed by atoms with E-state index in [0.717, 1.165) is 22.5 Å². The van der Waals surface area contributed by atoms with Crippen molar-refractivity contribution < 1.29 is 4.39 Å². The van der Waals surface area contributed by atoms with Gasteiger partial charge in [0.1, 0.15) is 11.6 Å². The Hall–Kier alpha value is -1.58. The van der Waals surface area contributed by atoms with Gasteiger partial charge in [0, 0.05) is 17.3 Å². The molecule has 0 aliphatic heterocycles. The van der Waals surface area contributed by atoms with E-state index in [0.29, 0.717) is 17.3 Å². The van der Waals surface area contributed by atoms with Crippen LogP contribution in [0.1, 0.15) is 5.82 Å². The number of halogens is 3. The molecule has 2 aromatic carbocycles. The van der Waals surface area contributed by atoms with Crippen LogP contribution in [-0.2, 0) is 6.42 Å². The van der Waals surface area contributed by atoms with Crippen LogP contribution in [0, 0.1) is 5.82 Å². The predicted molar refractivity (Wildman–Crippen MR) is 80.5 cm³/mol. The third kappa shape index (κ3) is 2.39. The molecule has 5 heteroatoms. The summed E-state index contributed by atoms with van der Waals surface area (Å²) in [5.74, 6) is 0.963. The van der Waals surface area contributed by atoms with Crippen LogP contribution in [0.25, 0.3) is 16.7 Å². The summed E-state index contributed by atoms with van der Waals surface area (Å²) in [6.45, 7) is 0. The van der Waals surface area contributed by atoms with Crippen molar-refractivity contribution in [3.63, 3.8) is 0 Å². The van der Waals surface area contributed by atoms with E-state index in [2.05, 4.69) is 4.98 Å². The average molecular weight is 309 g/mol. The summed E-state index contributed by atoms with van der Waals surface area (Å²) < 4.78 is 15.4. The van der Waals surface area contributed by atoms with Gasteiger partial charge in [0.15, 0.2) is 0 Å². The summed E-state index contributed by atoms with van der Waals surface area (Å²) in [7, 11) is 0. The summed E-state index contributed by atoms with van der Waals surface area (Å²) in [6, 6.07) is 11.9. The molecule has 0 radical (unpaired) electrons. The molecule has 0 unspecified atom stereocenters. The van der Waals surface area contributed by atoms with E-state index >= 15 is 0 Å². The summed E-state index contributed by atoms with van der Waals surface area (Å²) in [5.41, 5.74) is 2.40. The van der Waals surface area contributed by atoms with E-state index in [1.807, 2.05) is 16.7 Å². The minimum Gasteiger partial charge on any atom is -0.296 e. The number of imidazole rings is 1. The number of alkyl halides is 1. The first-order valence-corrected chi connectivity index (χ1v) is 7.09. The van der Waals surface area contributed by atoms with Gasteiger partial charge in [-0.3, -0.25) is 4.57 Å². The molecule has 3 aromatic rings. The van der Waals surface area contributed by atoms with Crippen molar-refractivity contribution in [3.8, 4) is 5.69 Å². The van der Waals surface area contributed by atoms with Crippen LogP contribution in [0.4, 0.5) is 4.39 Å². The Bertz CT molecular complexity index is 768. The largest absolute Gasteiger partial charge is 0.296 e. The standard InChI is InChI=1S/C15H11Cl2FN2/c16-7-6-15-19-13-8-10(17)4-5-14(13)20(15)12-3-1-2-11(18)9-12/h1-5,8-9H,6-7H2. The fraction of sp³-hybridized carbons (Fsp3) is 0.133. The van der Waals surface area contributed by atoms with E-state index in [9.17, 15) is 4.39 Å². The highest BCUT2D eigenvalue weighted by Gasteiger charge is 2.12. The van der Waals surface area contributed by atoms with E-state index in [4.69, 9.17) is 23.2 Å². The molecule has 0 aliphatic rings. The minimum atomic E-state index is -0.282. The molecule has 2 nitrogen and oxygen atoms in total. The number of fused-ring (bicyclic) bond motifs is 1. The van der Waals surface area contributed by atoms with Crippen LogP contribution in [0.15, 0.2) is 42.5 Å². The topological polar surface area (TPSA) is 17.8 Å². The maximum atomic E-state index is 13.5. The lowest BCUT2D eigenvalue weighted by atomic mass is 10.2. The number of hydrogen-bond acceptors (Lipinski definition) is 1. The molecule has 0 fully saturated rings. The van der Waals surface area contributed by atoms with Gasteiger partial charge < -0.3 is 0 Å². The average Bonchev–Trinajstić information content (AvgIpc) is 2.76. The Balaban J connectivity index is 2.28. The third-order valence-electron chi connectivity index (χ3n) is 3.07. The summed E-state index contributed by atoms with van der Waals surface area (Å²) in [6.07, 6.45) is 0.602. The van der Waals surface area contributed by atoms with E-state index < -0.39 is 0 Å². The molecule has 102 valence electrons. The molecule has 0 saturated heterocycles. The molecular formula is C15H11Cl2FN2. The molecule has 0 spiro atoms. The molecule has 0 aliphatic carbocycles. The maximum Gasteiger partial charge on any atom is 0.125 e. The van der Waals surface area contributed by atoms with Gasteiger partial charge >= 0.3 is 0 Å². The number of aryl methyl sites for hydroxylation is 1. The quantitative estimate of drug-likeness (QED) is 0.647. The van der Waals surface area contributed by atoms with Crippen LogP contribution in [0.5, 0.6) is 0 Å². The highest BCUT2D eigenvalue weighted by atomic mass is 35.5. The van der Waals surface area contributed by atoms with Gasteiger partial charge in [-0.15, -0.1) is 11.6 Å². The Labute approximate surface area is 125 Å². The Kier molecular flexibility index (Phi) is 3.64. The molecule has 20 heavy (non-hydrogen) atoms. The van der Waals surface area contributed by atoms with Crippen molar-refractivity contribution in [2.75, 3.05) is 5.88 Å². The number of rotatable bonds is 3. The van der Waals surface area contributed by atoms with Crippen LogP contribution >= 0.6 is 23.2 Å². The van der Waals surface area contributed by atoms with Crippen molar-refractivity contribution in [1.82, 2.24) is 9.55 Å². The highest BCUT2D eigenvalue weighted by Crippen LogP contribution is 2.25. The number of aromatic nitrogens is 2. The molecule has 3 rings (SSSR count). The molecule has 1 heterocycles. The molecule has 0 saturated carbocycles. The van der Waals surface area contributed by atoms with Crippen molar-refractivity contribution >= 4 is 34.2 Å². The predicted octanol–water partition coefficient (Wildman–Crippen LogP) is 4.60. The van der Waals surface area contributed by atoms with Gasteiger partial charge in [-0.25, -0.2) is 9.37 Å². The molecule has 0 bridgehead atoms. The van der Waals surface area contributed by atoms with E-state index in [1.165, 1.54) is 12.1 Å². The third-order valence-corrected chi connectivity index (χ3v) is 3.49. The van der Waals surface area contributed by atoms with Gasteiger partial charge in [-0.05, 0) is 36.4 Å². The lowest BCUT2D eigenvalue weighted by Gasteiger charge is -2.08. The molecule has 0 amide bonds. The maximum absolute atomic E-state index is 13.5. The molecule has 1 aromatic heterocycles. The number of hydrogen-bond donors (Lipinski definition) is 0. The second-order valence-electron chi connectivity index (χ2n) is 4.42. The number of benzene rings is 2. The van der Waals surface area contributed by atoms with Crippen molar-refractivity contribution in [1.29, 1.82) is 0 Å². The monoisotopic (exact) mass is 308 g/mol. The zero-order chi connectivity index (χ0) is 14.1. The first-order valence-electron chi connectivity index (χ1n) is 6.18. The zero-order valence-corrected chi connectivity index (χ0v) is 12.0. The Morgan fingerprint density at radius 1 is 1.15 bits per heavy atom. The fourth-order valence-electron chi connectivity index (χ4n) is 2.26. The molecule has 0 N–H and O–H groups in total. The zero-order valence-electron chi connectivity index (χ0n) is 10.5. The fourth-order valence-corrected chi connectivity index (χ4v) is 2.59. The summed E-state index contributed by atoms with van der Waals surface area (Å²) in [4.78, 5) is 4.54. The van der Waals surface area contributed by atoms with Crippen molar-refractivity contribution in [2.45, 2.75) is 6.42 Å². The SMILES string of the molecule is Fc1cccc(-n2c(CCCl)nc3cc(Cl)ccc32)c1. The van der Waals surface area contributed by atoms with E-state index in [1.54, 1.807) is 18.2 Å². The molecule has 0 atom stereocenters. The lowest BCUT2D eigenvalue weighted by Crippen LogP contribution is -2.02. The second kappa shape index (κ2) is 5.43. The first kappa shape index (κ1) is 13.4. The highest BCUT2D eigenvalue weighted by molar-refractivity contribution is 6.31. The van der Waals surface area contributed by atoms with Crippen LogP contribution in [-0.4, -0.2) is 15.4 Å². The van der Waals surface area contributed by atoms with Crippen molar-refractivity contribution in [2.24, 2.45) is 0 Å². The van der Waals surface area contributed by atoms with E-state index in [-0.39, 0.29) is 5.82 Å². The normalized spacial score (nSPS) is 11.2. The van der Waals surface area contributed by atoms with Crippen LogP contribution in [0.2, 0.25) is 5.02 Å². The summed E-state index contributed by atoms with van der Waals surface area (Å²) in [5, 5.41) is 0.624. The minimum absolute atomic E-state index is 0.282. The van der Waals surface area contributed by atoms with Crippen LogP contribution in [0.3, 0.4) is 0 Å².